The van der Waals surface area contributed by atoms with Crippen molar-refractivity contribution in [2.45, 2.75) is 18.9 Å². The highest BCUT2D eigenvalue weighted by atomic mass is 19.1. The third-order valence-electron chi connectivity index (χ3n) is 4.86. The van der Waals surface area contributed by atoms with E-state index in [-0.39, 0.29) is 23.7 Å². The molecule has 0 radical (unpaired) electrons. The maximum atomic E-state index is 13.0. The zero-order valence-electron chi connectivity index (χ0n) is 14.7. The smallest absolute Gasteiger partial charge is 0.289 e. The van der Waals surface area contributed by atoms with E-state index in [0.717, 1.165) is 5.39 Å². The van der Waals surface area contributed by atoms with E-state index >= 15 is 0 Å². The van der Waals surface area contributed by atoms with E-state index < -0.39 is 0 Å². The molecular weight excluding hydrogens is 347 g/mol. The minimum atomic E-state index is -0.371. The van der Waals surface area contributed by atoms with Crippen molar-refractivity contribution in [2.75, 3.05) is 13.1 Å². The van der Waals surface area contributed by atoms with Crippen molar-refractivity contribution >= 4 is 22.8 Å². The number of carbonyl (C=O) groups is 2. The Morgan fingerprint density at radius 2 is 1.74 bits per heavy atom. The van der Waals surface area contributed by atoms with Crippen LogP contribution in [0.15, 0.2) is 59.0 Å². The number of rotatable bonds is 3. The monoisotopic (exact) mass is 366 g/mol. The molecule has 0 aliphatic carbocycles. The number of benzene rings is 2. The van der Waals surface area contributed by atoms with Crippen molar-refractivity contribution in [3.05, 3.63) is 71.7 Å². The summed E-state index contributed by atoms with van der Waals surface area (Å²) in [5.41, 5.74) is 1.12. The second-order valence-corrected chi connectivity index (χ2v) is 6.70. The van der Waals surface area contributed by atoms with Crippen molar-refractivity contribution in [1.29, 1.82) is 0 Å². The van der Waals surface area contributed by atoms with Crippen LogP contribution >= 0.6 is 0 Å². The molecule has 1 aromatic heterocycles. The van der Waals surface area contributed by atoms with Crippen LogP contribution < -0.4 is 5.32 Å². The fraction of sp³-hybridized carbons (Fsp3) is 0.238. The lowest BCUT2D eigenvalue weighted by atomic mass is 10.0. The van der Waals surface area contributed by atoms with Gasteiger partial charge in [0.05, 0.1) is 0 Å². The average molecular weight is 366 g/mol. The number of nitrogens with one attached hydrogen (secondary N) is 1. The fourth-order valence-electron chi connectivity index (χ4n) is 3.34. The van der Waals surface area contributed by atoms with Gasteiger partial charge in [-0.05, 0) is 49.2 Å². The van der Waals surface area contributed by atoms with Crippen molar-refractivity contribution in [1.82, 2.24) is 10.2 Å². The first kappa shape index (κ1) is 17.3. The highest BCUT2D eigenvalue weighted by molar-refractivity contribution is 5.96. The Morgan fingerprint density at radius 1 is 1.04 bits per heavy atom. The molecule has 2 aromatic carbocycles. The molecule has 1 aliphatic rings. The Labute approximate surface area is 155 Å². The molecule has 27 heavy (non-hydrogen) atoms. The van der Waals surface area contributed by atoms with Gasteiger partial charge in [0.1, 0.15) is 11.4 Å². The maximum absolute atomic E-state index is 13.0. The van der Waals surface area contributed by atoms with Crippen LogP contribution in [0.1, 0.15) is 33.8 Å². The van der Waals surface area contributed by atoms with Crippen LogP contribution in [0.2, 0.25) is 0 Å². The second kappa shape index (κ2) is 7.23. The molecule has 1 saturated heterocycles. The third kappa shape index (κ3) is 3.69. The number of fused-ring (bicyclic) bond motifs is 1. The predicted octanol–water partition coefficient (Wildman–Crippen LogP) is 3.61. The van der Waals surface area contributed by atoms with Gasteiger partial charge in [-0.15, -0.1) is 0 Å². The van der Waals surface area contributed by atoms with Gasteiger partial charge in [0.15, 0.2) is 5.76 Å². The number of halogens is 1. The Balaban J connectivity index is 1.35. The van der Waals surface area contributed by atoms with Crippen LogP contribution in [0.5, 0.6) is 0 Å². The average Bonchev–Trinajstić information content (AvgIpc) is 3.13. The number of hydrogen-bond acceptors (Lipinski definition) is 3. The number of hydrogen-bond donors (Lipinski definition) is 1. The molecule has 0 atom stereocenters. The predicted molar refractivity (Wildman–Crippen MR) is 99.0 cm³/mol. The molecule has 1 fully saturated rings. The molecule has 3 aromatic rings. The zero-order chi connectivity index (χ0) is 18.8. The fourth-order valence-corrected chi connectivity index (χ4v) is 3.34. The lowest BCUT2D eigenvalue weighted by molar-refractivity contribution is 0.0669. The summed E-state index contributed by atoms with van der Waals surface area (Å²) in [6.07, 6.45) is 1.33. The number of furan rings is 1. The summed E-state index contributed by atoms with van der Waals surface area (Å²) in [5.74, 6) is -0.388. The summed E-state index contributed by atoms with van der Waals surface area (Å²) in [6, 6.07) is 14.7. The molecule has 6 heteroatoms. The van der Waals surface area contributed by atoms with Crippen molar-refractivity contribution in [3.63, 3.8) is 0 Å². The first-order valence-corrected chi connectivity index (χ1v) is 8.94. The summed E-state index contributed by atoms with van der Waals surface area (Å²) in [5, 5.41) is 3.86. The number of amides is 2. The minimum Gasteiger partial charge on any atom is -0.451 e. The summed E-state index contributed by atoms with van der Waals surface area (Å²) in [4.78, 5) is 26.6. The van der Waals surface area contributed by atoms with Gasteiger partial charge in [0, 0.05) is 30.1 Å². The van der Waals surface area contributed by atoms with Crippen LogP contribution in [-0.2, 0) is 0 Å². The van der Waals surface area contributed by atoms with E-state index in [1.165, 1.54) is 24.3 Å². The van der Waals surface area contributed by atoms with Gasteiger partial charge in [-0.3, -0.25) is 9.59 Å². The molecule has 2 heterocycles. The minimum absolute atomic E-state index is 0.0118. The van der Waals surface area contributed by atoms with E-state index in [4.69, 9.17) is 4.42 Å². The highest BCUT2D eigenvalue weighted by Crippen LogP contribution is 2.21. The molecule has 4 rings (SSSR count). The molecule has 0 spiro atoms. The lowest BCUT2D eigenvalue weighted by Crippen LogP contribution is -2.46. The van der Waals surface area contributed by atoms with Crippen LogP contribution in [0.25, 0.3) is 11.0 Å². The lowest BCUT2D eigenvalue weighted by Gasteiger charge is -2.31. The second-order valence-electron chi connectivity index (χ2n) is 6.70. The van der Waals surface area contributed by atoms with E-state index in [9.17, 15) is 14.0 Å². The van der Waals surface area contributed by atoms with Gasteiger partial charge < -0.3 is 14.6 Å². The van der Waals surface area contributed by atoms with Crippen LogP contribution in [0.3, 0.4) is 0 Å². The van der Waals surface area contributed by atoms with Crippen LogP contribution in [0.4, 0.5) is 4.39 Å². The van der Waals surface area contributed by atoms with E-state index in [2.05, 4.69) is 5.32 Å². The summed E-state index contributed by atoms with van der Waals surface area (Å²) < 4.78 is 18.6. The first-order chi connectivity index (χ1) is 13.1. The molecule has 5 nitrogen and oxygen atoms in total. The summed E-state index contributed by atoms with van der Waals surface area (Å²) >= 11 is 0. The number of piperidine rings is 1. The third-order valence-corrected chi connectivity index (χ3v) is 4.86. The van der Waals surface area contributed by atoms with Gasteiger partial charge in [-0.25, -0.2) is 4.39 Å². The number of para-hydroxylation sites is 1. The van der Waals surface area contributed by atoms with Crippen molar-refractivity contribution in [3.8, 4) is 0 Å². The Bertz CT molecular complexity index is 940. The van der Waals surface area contributed by atoms with Gasteiger partial charge in [-0.1, -0.05) is 18.2 Å². The number of carbonyl (C=O) groups excluding carboxylic acids is 2. The van der Waals surface area contributed by atoms with Gasteiger partial charge in [0.25, 0.3) is 11.8 Å². The van der Waals surface area contributed by atoms with Crippen molar-refractivity contribution in [2.24, 2.45) is 0 Å². The number of nitrogens with zero attached hydrogens (tertiary/aromatic N) is 1. The van der Waals surface area contributed by atoms with Crippen molar-refractivity contribution < 1.29 is 18.4 Å². The largest absolute Gasteiger partial charge is 0.451 e. The van der Waals surface area contributed by atoms with E-state index in [0.29, 0.717) is 42.8 Å². The van der Waals surface area contributed by atoms with Crippen LogP contribution in [0, 0.1) is 5.82 Å². The van der Waals surface area contributed by atoms with Gasteiger partial charge in [-0.2, -0.15) is 0 Å². The Kier molecular flexibility index (Phi) is 4.62. The van der Waals surface area contributed by atoms with Gasteiger partial charge >= 0.3 is 0 Å². The standard InChI is InChI=1S/C21H19FN2O3/c22-16-7-5-14(6-8-16)20(25)23-17-9-11-24(12-10-17)21(26)19-13-15-3-1-2-4-18(15)27-19/h1-8,13,17H,9-12H2,(H,23,25). The molecule has 1 aliphatic heterocycles. The molecule has 138 valence electrons. The molecule has 1 N–H and O–H groups in total. The molecule has 0 unspecified atom stereocenters. The SMILES string of the molecule is O=C(NC1CCN(C(=O)c2cc3ccccc3o2)CC1)c1ccc(F)cc1. The molecular formula is C21H19FN2O3. The molecule has 0 bridgehead atoms. The normalized spacial score (nSPS) is 15.1. The van der Waals surface area contributed by atoms with Gasteiger partial charge in [0.2, 0.25) is 0 Å². The summed E-state index contributed by atoms with van der Waals surface area (Å²) in [7, 11) is 0. The highest BCUT2D eigenvalue weighted by Gasteiger charge is 2.26. The van der Waals surface area contributed by atoms with E-state index in [1.807, 2.05) is 24.3 Å². The quantitative estimate of drug-likeness (QED) is 0.770. The Hall–Kier alpha value is -3.15. The van der Waals surface area contributed by atoms with E-state index in [1.54, 1.807) is 11.0 Å². The Morgan fingerprint density at radius 3 is 2.44 bits per heavy atom. The van der Waals surface area contributed by atoms with Crippen LogP contribution in [-0.4, -0.2) is 35.8 Å². The zero-order valence-corrected chi connectivity index (χ0v) is 14.7. The first-order valence-electron chi connectivity index (χ1n) is 8.94. The summed E-state index contributed by atoms with van der Waals surface area (Å²) in [6.45, 7) is 1.09. The number of likely N-dealkylation sites (tertiary alicyclic amines) is 1. The topological polar surface area (TPSA) is 62.6 Å². The maximum Gasteiger partial charge on any atom is 0.289 e. The molecule has 2 amide bonds. The molecule has 0 saturated carbocycles.